The van der Waals surface area contributed by atoms with Crippen LogP contribution in [0.1, 0.15) is 12.8 Å². The van der Waals surface area contributed by atoms with E-state index in [0.29, 0.717) is 6.54 Å². The van der Waals surface area contributed by atoms with E-state index in [-0.39, 0.29) is 25.9 Å². The molecule has 1 N–H and O–H groups in total. The Morgan fingerprint density at radius 1 is 1.36 bits per heavy atom. The molecule has 1 fully saturated rings. The van der Waals surface area contributed by atoms with Crippen molar-refractivity contribution < 1.29 is 18.3 Å². The van der Waals surface area contributed by atoms with E-state index in [1.807, 2.05) is 0 Å². The molecule has 1 heterocycles. The summed E-state index contributed by atoms with van der Waals surface area (Å²) in [6.45, 7) is 0.731. The second kappa shape index (κ2) is 3.79. The fraction of sp³-hybridized carbons (Fsp3) is 0.778. The molecule has 1 rings (SSSR count). The van der Waals surface area contributed by atoms with Gasteiger partial charge in [0.25, 0.3) is 0 Å². The highest BCUT2D eigenvalue weighted by atomic mass is 19.4. The molecule has 2 nitrogen and oxygen atoms in total. The summed E-state index contributed by atoms with van der Waals surface area (Å²) < 4.78 is 37.0. The maximum Gasteiger partial charge on any atom is 0.417 e. The first-order valence-corrected chi connectivity index (χ1v) is 4.34. The highest BCUT2D eigenvalue weighted by molar-refractivity contribution is 4.95. The summed E-state index contributed by atoms with van der Waals surface area (Å²) in [4.78, 5) is 1.72. The molecule has 0 aromatic carbocycles. The number of halogens is 3. The molecular weight excluding hydrogens is 195 g/mol. The number of rotatable bonds is 1. The third-order valence-corrected chi connectivity index (χ3v) is 2.53. The number of piperidine rings is 1. The van der Waals surface area contributed by atoms with E-state index in [2.05, 4.69) is 5.92 Å². The Balaban J connectivity index is 2.54. The van der Waals surface area contributed by atoms with Gasteiger partial charge in [-0.1, -0.05) is 5.92 Å². The molecule has 0 aromatic rings. The molecule has 1 aliphatic rings. The normalized spacial score (nSPS) is 23.1. The van der Waals surface area contributed by atoms with Crippen molar-refractivity contribution >= 4 is 0 Å². The van der Waals surface area contributed by atoms with Crippen LogP contribution >= 0.6 is 0 Å². The molecule has 0 unspecified atom stereocenters. The molecule has 80 valence electrons. The number of aliphatic hydroxyl groups is 1. The molecule has 1 aliphatic heterocycles. The van der Waals surface area contributed by atoms with E-state index in [1.54, 1.807) is 4.90 Å². The fourth-order valence-corrected chi connectivity index (χ4v) is 1.49. The predicted octanol–water partition coefficient (Wildman–Crippen LogP) is 1.01. The van der Waals surface area contributed by atoms with E-state index in [9.17, 15) is 18.3 Å². The third kappa shape index (κ3) is 2.20. The maximum absolute atomic E-state index is 12.3. The van der Waals surface area contributed by atoms with Gasteiger partial charge in [-0.05, 0) is 12.8 Å². The van der Waals surface area contributed by atoms with Gasteiger partial charge in [0.2, 0.25) is 0 Å². The number of likely N-dealkylation sites (tertiary alicyclic amines) is 1. The second-order valence-electron chi connectivity index (χ2n) is 3.51. The lowest BCUT2D eigenvalue weighted by molar-refractivity contribution is -0.272. The topological polar surface area (TPSA) is 23.5 Å². The molecular formula is C9H12F3NO. The molecule has 0 atom stereocenters. The van der Waals surface area contributed by atoms with Gasteiger partial charge in [0, 0.05) is 13.1 Å². The smallest absolute Gasteiger partial charge is 0.380 e. The molecule has 0 aromatic heterocycles. The van der Waals surface area contributed by atoms with Crippen molar-refractivity contribution in [1.82, 2.24) is 4.90 Å². The van der Waals surface area contributed by atoms with E-state index in [1.165, 1.54) is 0 Å². The zero-order chi connectivity index (χ0) is 10.8. The molecule has 5 heteroatoms. The summed E-state index contributed by atoms with van der Waals surface area (Å²) in [5.41, 5.74) is -2.52. The minimum Gasteiger partial charge on any atom is -0.380 e. The first-order valence-electron chi connectivity index (χ1n) is 4.34. The van der Waals surface area contributed by atoms with Gasteiger partial charge in [-0.25, -0.2) is 0 Å². The second-order valence-corrected chi connectivity index (χ2v) is 3.51. The highest BCUT2D eigenvalue weighted by Crippen LogP contribution is 2.38. The standard InChI is InChI=1S/C9H12F3NO/c1-2-5-13-6-3-8(14,4-7-13)9(10,11)12/h1,14H,3-7H2. The van der Waals surface area contributed by atoms with Crippen molar-refractivity contribution in [2.24, 2.45) is 0 Å². The van der Waals surface area contributed by atoms with Crippen LogP contribution in [-0.2, 0) is 0 Å². The number of terminal acetylenes is 1. The molecule has 1 saturated heterocycles. The van der Waals surface area contributed by atoms with Gasteiger partial charge < -0.3 is 5.11 Å². The largest absolute Gasteiger partial charge is 0.417 e. The summed E-state index contributed by atoms with van der Waals surface area (Å²) in [6.07, 6.45) is -0.0831. The molecule has 0 bridgehead atoms. The molecule has 0 saturated carbocycles. The Bertz CT molecular complexity index is 235. The summed E-state index contributed by atoms with van der Waals surface area (Å²) in [6, 6.07) is 0. The van der Waals surface area contributed by atoms with Crippen LogP contribution in [0.25, 0.3) is 0 Å². The van der Waals surface area contributed by atoms with Gasteiger partial charge in [0.1, 0.15) is 0 Å². The Hall–Kier alpha value is -0.730. The van der Waals surface area contributed by atoms with Crippen molar-refractivity contribution in [1.29, 1.82) is 0 Å². The number of nitrogens with zero attached hydrogens (tertiary/aromatic N) is 1. The van der Waals surface area contributed by atoms with Crippen LogP contribution in [0.4, 0.5) is 13.2 Å². The van der Waals surface area contributed by atoms with Gasteiger partial charge in [0.05, 0.1) is 6.54 Å². The lowest BCUT2D eigenvalue weighted by Crippen LogP contribution is -2.53. The quantitative estimate of drug-likeness (QED) is 0.649. The first-order chi connectivity index (χ1) is 6.39. The summed E-state index contributed by atoms with van der Waals surface area (Å²) in [5.74, 6) is 2.37. The van der Waals surface area contributed by atoms with Crippen LogP contribution in [0.3, 0.4) is 0 Å². The van der Waals surface area contributed by atoms with E-state index >= 15 is 0 Å². The summed E-state index contributed by atoms with van der Waals surface area (Å²) in [7, 11) is 0. The van der Waals surface area contributed by atoms with E-state index in [4.69, 9.17) is 6.42 Å². The van der Waals surface area contributed by atoms with Crippen molar-refractivity contribution in [2.45, 2.75) is 24.6 Å². The number of hydrogen-bond donors (Lipinski definition) is 1. The monoisotopic (exact) mass is 207 g/mol. The molecule has 0 aliphatic carbocycles. The highest BCUT2D eigenvalue weighted by Gasteiger charge is 2.54. The van der Waals surface area contributed by atoms with Gasteiger partial charge in [-0.2, -0.15) is 13.2 Å². The van der Waals surface area contributed by atoms with Crippen molar-refractivity contribution in [2.75, 3.05) is 19.6 Å². The van der Waals surface area contributed by atoms with Crippen LogP contribution in [-0.4, -0.2) is 41.4 Å². The van der Waals surface area contributed by atoms with Crippen molar-refractivity contribution in [3.63, 3.8) is 0 Å². The summed E-state index contributed by atoms with van der Waals surface area (Å²) >= 11 is 0. The van der Waals surface area contributed by atoms with Gasteiger partial charge in [-0.3, -0.25) is 4.90 Å². The fourth-order valence-electron chi connectivity index (χ4n) is 1.49. The molecule has 0 amide bonds. The SMILES string of the molecule is C#CCN1CCC(O)(C(F)(F)F)CC1. The zero-order valence-corrected chi connectivity index (χ0v) is 7.64. The average Bonchev–Trinajstić information content (AvgIpc) is 2.08. The van der Waals surface area contributed by atoms with Crippen LogP contribution < -0.4 is 0 Å². The minimum atomic E-state index is -4.53. The Morgan fingerprint density at radius 3 is 2.21 bits per heavy atom. The van der Waals surface area contributed by atoms with Crippen molar-refractivity contribution in [3.8, 4) is 12.3 Å². The minimum absolute atomic E-state index is 0.195. The maximum atomic E-state index is 12.3. The van der Waals surface area contributed by atoms with Crippen LogP contribution in [0.5, 0.6) is 0 Å². The Morgan fingerprint density at radius 2 is 1.86 bits per heavy atom. The van der Waals surface area contributed by atoms with E-state index < -0.39 is 11.8 Å². The lowest BCUT2D eigenvalue weighted by Gasteiger charge is -2.38. The van der Waals surface area contributed by atoms with Gasteiger partial charge in [-0.15, -0.1) is 6.42 Å². The summed E-state index contributed by atoms with van der Waals surface area (Å²) in [5, 5.41) is 9.29. The Labute approximate surface area is 80.7 Å². The molecule has 0 radical (unpaired) electrons. The lowest BCUT2D eigenvalue weighted by atomic mass is 9.91. The van der Waals surface area contributed by atoms with Crippen LogP contribution in [0, 0.1) is 12.3 Å². The Kier molecular flexibility index (Phi) is 3.07. The average molecular weight is 207 g/mol. The van der Waals surface area contributed by atoms with Gasteiger partial charge >= 0.3 is 6.18 Å². The van der Waals surface area contributed by atoms with Gasteiger partial charge in [0.15, 0.2) is 5.60 Å². The molecule has 14 heavy (non-hydrogen) atoms. The van der Waals surface area contributed by atoms with E-state index in [0.717, 1.165) is 0 Å². The number of alkyl halides is 3. The third-order valence-electron chi connectivity index (χ3n) is 2.53. The van der Waals surface area contributed by atoms with Crippen LogP contribution in [0.2, 0.25) is 0 Å². The zero-order valence-electron chi connectivity index (χ0n) is 7.64. The van der Waals surface area contributed by atoms with Crippen LogP contribution in [0.15, 0.2) is 0 Å². The number of hydrogen-bond acceptors (Lipinski definition) is 2. The van der Waals surface area contributed by atoms with Crippen molar-refractivity contribution in [3.05, 3.63) is 0 Å². The molecule has 0 spiro atoms. The first kappa shape index (κ1) is 11.3. The predicted molar refractivity (Wildman–Crippen MR) is 45.5 cm³/mol.